The van der Waals surface area contributed by atoms with E-state index in [1.807, 2.05) is 6.07 Å². The van der Waals surface area contributed by atoms with E-state index in [9.17, 15) is 9.59 Å². The van der Waals surface area contributed by atoms with Crippen molar-refractivity contribution >= 4 is 23.2 Å². The number of amides is 1. The lowest BCUT2D eigenvalue weighted by atomic mass is 10.2. The Hall–Kier alpha value is -1.40. The molecule has 1 atom stereocenters. The summed E-state index contributed by atoms with van der Waals surface area (Å²) in [5, 5.41) is 2.73. The van der Waals surface area contributed by atoms with Crippen LogP contribution >= 0.6 is 11.3 Å². The summed E-state index contributed by atoms with van der Waals surface area (Å²) in [6.07, 6.45) is 5.38. The molecule has 2 heterocycles. The fraction of sp³-hybridized carbons (Fsp3) is 0.600. The van der Waals surface area contributed by atoms with Gasteiger partial charge in [-0.25, -0.2) is 4.79 Å². The lowest BCUT2D eigenvalue weighted by Crippen LogP contribution is -2.34. The molecule has 5 nitrogen and oxygen atoms in total. The molecule has 1 aliphatic carbocycles. The van der Waals surface area contributed by atoms with Crippen molar-refractivity contribution < 1.29 is 19.1 Å². The molecule has 6 heteroatoms. The number of esters is 1. The molecule has 1 fully saturated rings. The number of hydrogen-bond acceptors (Lipinski definition) is 5. The number of thiophene rings is 1. The van der Waals surface area contributed by atoms with E-state index < -0.39 is 5.97 Å². The summed E-state index contributed by atoms with van der Waals surface area (Å²) in [5.74, 6) is -0.676. The van der Waals surface area contributed by atoms with Crippen molar-refractivity contribution in [3.63, 3.8) is 0 Å². The Balaban J connectivity index is 1.41. The molecule has 1 amide bonds. The van der Waals surface area contributed by atoms with E-state index >= 15 is 0 Å². The number of ether oxygens (including phenoxy) is 2. The van der Waals surface area contributed by atoms with Gasteiger partial charge >= 0.3 is 5.97 Å². The average molecular weight is 309 g/mol. The SMILES string of the molecule is O=C(COC(=O)c1cc2c(s1)CCC2)NC[C@@H]1CCCO1. The van der Waals surface area contributed by atoms with Gasteiger partial charge in [-0.15, -0.1) is 11.3 Å². The molecular weight excluding hydrogens is 290 g/mol. The maximum absolute atomic E-state index is 11.9. The molecular formula is C15H19NO4S. The summed E-state index contributed by atoms with van der Waals surface area (Å²) in [4.78, 5) is 25.4. The summed E-state index contributed by atoms with van der Waals surface area (Å²) >= 11 is 1.49. The van der Waals surface area contributed by atoms with Crippen LogP contribution in [0.2, 0.25) is 0 Å². The number of carbonyl (C=O) groups excluding carboxylic acids is 2. The van der Waals surface area contributed by atoms with Gasteiger partial charge < -0.3 is 14.8 Å². The van der Waals surface area contributed by atoms with Crippen LogP contribution in [0.4, 0.5) is 0 Å². The Morgan fingerprint density at radius 3 is 3.05 bits per heavy atom. The number of carbonyl (C=O) groups is 2. The molecule has 21 heavy (non-hydrogen) atoms. The molecule has 3 rings (SSSR count). The van der Waals surface area contributed by atoms with Crippen molar-refractivity contribution in [2.75, 3.05) is 19.8 Å². The monoisotopic (exact) mass is 309 g/mol. The molecule has 114 valence electrons. The van der Waals surface area contributed by atoms with Crippen LogP contribution in [0.15, 0.2) is 6.07 Å². The van der Waals surface area contributed by atoms with Gasteiger partial charge in [0.05, 0.1) is 6.10 Å². The Kier molecular flexibility index (Phi) is 4.55. The van der Waals surface area contributed by atoms with Gasteiger partial charge in [-0.05, 0) is 43.7 Å². The Labute approximate surface area is 127 Å². The summed E-state index contributed by atoms with van der Waals surface area (Å²) in [6.45, 7) is 1.02. The van der Waals surface area contributed by atoms with E-state index in [-0.39, 0.29) is 18.6 Å². The Morgan fingerprint density at radius 2 is 2.29 bits per heavy atom. The highest BCUT2D eigenvalue weighted by atomic mass is 32.1. The molecule has 1 saturated heterocycles. The number of rotatable bonds is 5. The van der Waals surface area contributed by atoms with Crippen LogP contribution in [0.3, 0.4) is 0 Å². The first kappa shape index (κ1) is 14.5. The Bertz CT molecular complexity index is 512. The molecule has 0 unspecified atom stereocenters. The average Bonchev–Trinajstić information content (AvgIpc) is 3.17. The van der Waals surface area contributed by atoms with Crippen LogP contribution < -0.4 is 5.32 Å². The number of hydrogen-bond donors (Lipinski definition) is 1. The highest BCUT2D eigenvalue weighted by molar-refractivity contribution is 7.14. The largest absolute Gasteiger partial charge is 0.451 e. The van der Waals surface area contributed by atoms with Gasteiger partial charge in [0, 0.05) is 18.0 Å². The summed E-state index contributed by atoms with van der Waals surface area (Å²) in [6, 6.07) is 1.90. The normalized spacial score (nSPS) is 20.3. The molecule has 1 aliphatic heterocycles. The van der Waals surface area contributed by atoms with Gasteiger partial charge in [-0.3, -0.25) is 4.79 Å². The second kappa shape index (κ2) is 6.58. The first-order valence-electron chi connectivity index (χ1n) is 7.39. The van der Waals surface area contributed by atoms with Crippen molar-refractivity contribution in [1.29, 1.82) is 0 Å². The van der Waals surface area contributed by atoms with Crippen LogP contribution in [-0.2, 0) is 27.1 Å². The number of nitrogens with one attached hydrogen (secondary N) is 1. The fourth-order valence-corrected chi connectivity index (χ4v) is 3.86. The van der Waals surface area contributed by atoms with Gasteiger partial charge in [-0.2, -0.15) is 0 Å². The van der Waals surface area contributed by atoms with E-state index in [2.05, 4.69) is 5.32 Å². The number of aryl methyl sites for hydroxylation is 2. The molecule has 0 radical (unpaired) electrons. The zero-order chi connectivity index (χ0) is 14.7. The molecule has 0 bridgehead atoms. The smallest absolute Gasteiger partial charge is 0.348 e. The molecule has 0 aromatic carbocycles. The first-order chi connectivity index (χ1) is 10.2. The van der Waals surface area contributed by atoms with Crippen LogP contribution in [0.1, 0.15) is 39.4 Å². The van der Waals surface area contributed by atoms with Gasteiger partial charge in [0.25, 0.3) is 5.91 Å². The highest BCUT2D eigenvalue weighted by Crippen LogP contribution is 2.30. The van der Waals surface area contributed by atoms with Gasteiger partial charge in [0.1, 0.15) is 4.88 Å². The quantitative estimate of drug-likeness (QED) is 0.841. The maximum atomic E-state index is 11.9. The predicted molar refractivity (Wildman–Crippen MR) is 78.6 cm³/mol. The summed E-state index contributed by atoms with van der Waals surface area (Å²) in [7, 11) is 0. The second-order valence-electron chi connectivity index (χ2n) is 5.43. The van der Waals surface area contributed by atoms with Crippen LogP contribution in [-0.4, -0.2) is 37.7 Å². The second-order valence-corrected chi connectivity index (χ2v) is 6.56. The van der Waals surface area contributed by atoms with E-state index in [0.29, 0.717) is 11.4 Å². The molecule has 1 aromatic rings. The van der Waals surface area contributed by atoms with E-state index in [4.69, 9.17) is 9.47 Å². The van der Waals surface area contributed by atoms with Crippen molar-refractivity contribution in [2.45, 2.75) is 38.2 Å². The Morgan fingerprint density at radius 1 is 1.38 bits per heavy atom. The maximum Gasteiger partial charge on any atom is 0.348 e. The van der Waals surface area contributed by atoms with Crippen molar-refractivity contribution in [1.82, 2.24) is 5.32 Å². The molecule has 2 aliphatic rings. The third-order valence-electron chi connectivity index (χ3n) is 3.83. The zero-order valence-corrected chi connectivity index (χ0v) is 12.7. The minimum Gasteiger partial charge on any atom is -0.451 e. The van der Waals surface area contributed by atoms with E-state index in [1.165, 1.54) is 28.2 Å². The summed E-state index contributed by atoms with van der Waals surface area (Å²) < 4.78 is 10.5. The van der Waals surface area contributed by atoms with Crippen LogP contribution in [0.5, 0.6) is 0 Å². The minimum absolute atomic E-state index is 0.102. The first-order valence-corrected chi connectivity index (χ1v) is 8.21. The predicted octanol–water partition coefficient (Wildman–Crippen LogP) is 1.69. The number of fused-ring (bicyclic) bond motifs is 1. The highest BCUT2D eigenvalue weighted by Gasteiger charge is 2.20. The summed E-state index contributed by atoms with van der Waals surface area (Å²) in [5.41, 5.74) is 1.26. The molecule has 1 aromatic heterocycles. The standard InChI is InChI=1S/C15H19NO4S/c17-14(16-8-11-4-2-6-19-11)9-20-15(18)13-7-10-3-1-5-12(10)21-13/h7,11H,1-6,8-9H2,(H,16,17)/t11-/m0/s1. The molecule has 0 spiro atoms. The van der Waals surface area contributed by atoms with Gasteiger partial charge in [0.2, 0.25) is 0 Å². The lowest BCUT2D eigenvalue weighted by Gasteiger charge is -2.10. The van der Waals surface area contributed by atoms with Crippen LogP contribution in [0, 0.1) is 0 Å². The molecule has 1 N–H and O–H groups in total. The van der Waals surface area contributed by atoms with Crippen molar-refractivity contribution in [3.05, 3.63) is 21.4 Å². The zero-order valence-electron chi connectivity index (χ0n) is 11.9. The van der Waals surface area contributed by atoms with Crippen LogP contribution in [0.25, 0.3) is 0 Å². The third-order valence-corrected chi connectivity index (χ3v) is 5.05. The van der Waals surface area contributed by atoms with Gasteiger partial charge in [-0.1, -0.05) is 0 Å². The van der Waals surface area contributed by atoms with Crippen molar-refractivity contribution in [2.24, 2.45) is 0 Å². The van der Waals surface area contributed by atoms with E-state index in [1.54, 1.807) is 0 Å². The van der Waals surface area contributed by atoms with E-state index in [0.717, 1.165) is 32.3 Å². The van der Waals surface area contributed by atoms with Crippen molar-refractivity contribution in [3.8, 4) is 0 Å². The van der Waals surface area contributed by atoms with Gasteiger partial charge in [0.15, 0.2) is 6.61 Å². The fourth-order valence-electron chi connectivity index (χ4n) is 2.72. The minimum atomic E-state index is -0.401. The molecule has 0 saturated carbocycles. The third kappa shape index (κ3) is 3.63. The lowest BCUT2D eigenvalue weighted by molar-refractivity contribution is -0.124. The topological polar surface area (TPSA) is 64.6 Å².